The number of carbonyl (C=O) groups is 1. The molecular weight excluding hydrogens is 282 g/mol. The zero-order valence-corrected chi connectivity index (χ0v) is 11.4. The molecule has 1 aromatic rings. The summed E-state index contributed by atoms with van der Waals surface area (Å²) in [7, 11) is 0. The van der Waals surface area contributed by atoms with Gasteiger partial charge in [0.1, 0.15) is 5.69 Å². The summed E-state index contributed by atoms with van der Waals surface area (Å²) in [5, 5.41) is 13.9. The van der Waals surface area contributed by atoms with E-state index in [0.717, 1.165) is 4.90 Å². The number of thioether (sulfide) groups is 1. The number of morpholine rings is 1. The lowest BCUT2D eigenvalue weighted by molar-refractivity contribution is -0.384. The van der Waals surface area contributed by atoms with Crippen molar-refractivity contribution in [2.45, 2.75) is 4.90 Å². The van der Waals surface area contributed by atoms with E-state index in [4.69, 9.17) is 4.74 Å². The molecule has 0 saturated carbocycles. The summed E-state index contributed by atoms with van der Waals surface area (Å²) < 4.78 is 5.27. The van der Waals surface area contributed by atoms with E-state index in [1.54, 1.807) is 6.07 Å². The summed E-state index contributed by atoms with van der Waals surface area (Å²) in [5.74, 6) is 0.212. The number of amides is 1. The second-order valence-electron chi connectivity index (χ2n) is 4.53. The Morgan fingerprint density at radius 1 is 1.35 bits per heavy atom. The summed E-state index contributed by atoms with van der Waals surface area (Å²) in [6.07, 6.45) is 0. The van der Waals surface area contributed by atoms with Gasteiger partial charge in [0.05, 0.1) is 29.6 Å². The van der Waals surface area contributed by atoms with Gasteiger partial charge in [-0.3, -0.25) is 14.9 Å². The van der Waals surface area contributed by atoms with E-state index in [0.29, 0.717) is 43.4 Å². The van der Waals surface area contributed by atoms with Gasteiger partial charge in [-0.15, -0.1) is 11.8 Å². The number of anilines is 2. The summed E-state index contributed by atoms with van der Waals surface area (Å²) in [6.45, 7) is 2.41. The molecule has 8 heteroatoms. The number of benzene rings is 1. The minimum Gasteiger partial charge on any atom is -0.378 e. The van der Waals surface area contributed by atoms with Crippen LogP contribution in [0.4, 0.5) is 17.1 Å². The summed E-state index contributed by atoms with van der Waals surface area (Å²) in [5.41, 5.74) is 1.14. The molecule has 1 fully saturated rings. The SMILES string of the molecule is O=C1CSc2cc(N3CCOCC3)c([N+](=O)[O-])cc2N1. The van der Waals surface area contributed by atoms with Crippen molar-refractivity contribution in [2.75, 3.05) is 42.3 Å². The molecule has 2 aliphatic rings. The molecule has 0 bridgehead atoms. The molecule has 1 aromatic carbocycles. The molecule has 1 saturated heterocycles. The van der Waals surface area contributed by atoms with Crippen molar-refractivity contribution in [2.24, 2.45) is 0 Å². The normalized spacial score (nSPS) is 18.4. The maximum atomic E-state index is 11.4. The third-order valence-corrected chi connectivity index (χ3v) is 4.31. The number of carbonyl (C=O) groups excluding carboxylic acids is 1. The van der Waals surface area contributed by atoms with Gasteiger partial charge in [-0.25, -0.2) is 0 Å². The molecule has 2 heterocycles. The molecule has 20 heavy (non-hydrogen) atoms. The van der Waals surface area contributed by atoms with Crippen molar-refractivity contribution in [1.82, 2.24) is 0 Å². The molecule has 0 aliphatic carbocycles. The molecular formula is C12H13N3O4S. The largest absolute Gasteiger partial charge is 0.378 e. The van der Waals surface area contributed by atoms with Gasteiger partial charge in [0.25, 0.3) is 5.69 Å². The fraction of sp³-hybridized carbons (Fsp3) is 0.417. The molecule has 1 N–H and O–H groups in total. The molecule has 3 rings (SSSR count). The first-order valence-corrected chi connectivity index (χ1v) is 7.21. The van der Waals surface area contributed by atoms with Crippen LogP contribution in [0.1, 0.15) is 0 Å². The van der Waals surface area contributed by atoms with Gasteiger partial charge < -0.3 is 15.0 Å². The van der Waals surface area contributed by atoms with Crippen molar-refractivity contribution in [3.05, 3.63) is 22.2 Å². The van der Waals surface area contributed by atoms with E-state index < -0.39 is 4.92 Å². The topological polar surface area (TPSA) is 84.7 Å². The predicted molar refractivity (Wildman–Crippen MR) is 75.5 cm³/mol. The molecule has 0 unspecified atom stereocenters. The van der Waals surface area contributed by atoms with Crippen molar-refractivity contribution in [3.8, 4) is 0 Å². The monoisotopic (exact) mass is 295 g/mol. The molecule has 2 aliphatic heterocycles. The van der Waals surface area contributed by atoms with Gasteiger partial charge in [-0.05, 0) is 6.07 Å². The maximum absolute atomic E-state index is 11.4. The molecule has 0 radical (unpaired) electrons. The fourth-order valence-electron chi connectivity index (χ4n) is 2.31. The van der Waals surface area contributed by atoms with Crippen LogP contribution in [0.15, 0.2) is 17.0 Å². The van der Waals surface area contributed by atoms with Crippen LogP contribution in [0.2, 0.25) is 0 Å². The fourth-order valence-corrected chi connectivity index (χ4v) is 3.13. The molecule has 0 atom stereocenters. The van der Waals surface area contributed by atoms with Crippen LogP contribution in [0, 0.1) is 10.1 Å². The first-order chi connectivity index (χ1) is 9.65. The molecule has 7 nitrogen and oxygen atoms in total. The highest BCUT2D eigenvalue weighted by Gasteiger charge is 2.26. The lowest BCUT2D eigenvalue weighted by Gasteiger charge is -2.29. The van der Waals surface area contributed by atoms with Gasteiger partial charge >= 0.3 is 0 Å². The van der Waals surface area contributed by atoms with E-state index in [-0.39, 0.29) is 11.6 Å². The van der Waals surface area contributed by atoms with Crippen molar-refractivity contribution in [1.29, 1.82) is 0 Å². The summed E-state index contributed by atoms with van der Waals surface area (Å²) in [4.78, 5) is 25.0. The van der Waals surface area contributed by atoms with Crippen LogP contribution in [-0.4, -0.2) is 42.9 Å². The van der Waals surface area contributed by atoms with Gasteiger partial charge in [-0.1, -0.05) is 0 Å². The van der Waals surface area contributed by atoms with Gasteiger partial charge in [0.15, 0.2) is 0 Å². The zero-order chi connectivity index (χ0) is 14.1. The van der Waals surface area contributed by atoms with E-state index in [9.17, 15) is 14.9 Å². The number of nitro groups is 1. The van der Waals surface area contributed by atoms with Crippen LogP contribution < -0.4 is 10.2 Å². The van der Waals surface area contributed by atoms with Gasteiger partial charge in [0.2, 0.25) is 5.91 Å². The minimum atomic E-state index is -0.406. The van der Waals surface area contributed by atoms with Crippen LogP contribution >= 0.6 is 11.8 Å². The number of nitrogens with one attached hydrogen (secondary N) is 1. The highest BCUT2D eigenvalue weighted by atomic mass is 32.2. The third kappa shape index (κ3) is 2.44. The second kappa shape index (κ2) is 5.29. The number of rotatable bonds is 2. The lowest BCUT2D eigenvalue weighted by atomic mass is 10.2. The quantitative estimate of drug-likeness (QED) is 0.657. The first kappa shape index (κ1) is 13.2. The van der Waals surface area contributed by atoms with E-state index >= 15 is 0 Å². The zero-order valence-electron chi connectivity index (χ0n) is 10.6. The Morgan fingerprint density at radius 2 is 2.10 bits per heavy atom. The smallest absolute Gasteiger partial charge is 0.294 e. The van der Waals surface area contributed by atoms with Crippen LogP contribution in [-0.2, 0) is 9.53 Å². The number of ether oxygens (including phenoxy) is 1. The second-order valence-corrected chi connectivity index (χ2v) is 5.55. The van der Waals surface area contributed by atoms with Gasteiger partial charge in [0, 0.05) is 24.1 Å². The average Bonchev–Trinajstić information content (AvgIpc) is 2.46. The number of hydrogen-bond donors (Lipinski definition) is 1. The molecule has 0 aromatic heterocycles. The van der Waals surface area contributed by atoms with Crippen LogP contribution in [0.3, 0.4) is 0 Å². The Kier molecular flexibility index (Phi) is 3.49. The highest BCUT2D eigenvalue weighted by Crippen LogP contribution is 2.40. The molecule has 106 valence electrons. The minimum absolute atomic E-state index is 0.0217. The number of hydrogen-bond acceptors (Lipinski definition) is 6. The van der Waals surface area contributed by atoms with E-state index in [1.807, 2.05) is 4.90 Å². The molecule has 1 amide bonds. The van der Waals surface area contributed by atoms with Crippen LogP contribution in [0.5, 0.6) is 0 Å². The number of nitrogens with zero attached hydrogens (tertiary/aromatic N) is 2. The van der Waals surface area contributed by atoms with E-state index in [1.165, 1.54) is 17.8 Å². The summed E-state index contributed by atoms with van der Waals surface area (Å²) >= 11 is 1.40. The predicted octanol–water partition coefficient (Wildman–Crippen LogP) is 1.48. The van der Waals surface area contributed by atoms with E-state index in [2.05, 4.69) is 5.32 Å². The van der Waals surface area contributed by atoms with Crippen molar-refractivity contribution >= 4 is 34.7 Å². The average molecular weight is 295 g/mol. The number of fused-ring (bicyclic) bond motifs is 1. The van der Waals surface area contributed by atoms with Crippen molar-refractivity contribution in [3.63, 3.8) is 0 Å². The highest BCUT2D eigenvalue weighted by molar-refractivity contribution is 8.00. The van der Waals surface area contributed by atoms with Crippen LogP contribution in [0.25, 0.3) is 0 Å². The first-order valence-electron chi connectivity index (χ1n) is 6.23. The Hall–Kier alpha value is -1.80. The maximum Gasteiger partial charge on any atom is 0.294 e. The Morgan fingerprint density at radius 3 is 2.80 bits per heavy atom. The standard InChI is InChI=1S/C12H13N3O4S/c16-12-7-20-11-6-9(14-1-3-19-4-2-14)10(15(17)18)5-8(11)13-12/h5-6H,1-4,7H2,(H,13,16). The molecule has 0 spiro atoms. The summed E-state index contributed by atoms with van der Waals surface area (Å²) in [6, 6.07) is 3.24. The third-order valence-electron chi connectivity index (χ3n) is 3.26. The van der Waals surface area contributed by atoms with Gasteiger partial charge in [-0.2, -0.15) is 0 Å². The lowest BCUT2D eigenvalue weighted by Crippen LogP contribution is -2.36. The Balaban J connectivity index is 2.03. The Labute approximate surface area is 119 Å². The Bertz CT molecular complexity index is 572. The number of nitro benzene ring substituents is 1. The van der Waals surface area contributed by atoms with Crippen molar-refractivity contribution < 1.29 is 14.5 Å².